The van der Waals surface area contributed by atoms with Gasteiger partial charge in [0.05, 0.1) is 23.5 Å². The lowest BCUT2D eigenvalue weighted by molar-refractivity contribution is 0.0647. The fourth-order valence-corrected chi connectivity index (χ4v) is 1.75. The third kappa shape index (κ3) is 1.79. The Hall–Kier alpha value is -2.84. The Morgan fingerprint density at radius 1 is 1.40 bits per heavy atom. The zero-order valence-electron chi connectivity index (χ0n) is 9.70. The van der Waals surface area contributed by atoms with Crippen molar-refractivity contribution in [1.29, 1.82) is 0 Å². The molecule has 102 valence electrons. The van der Waals surface area contributed by atoms with Crippen LogP contribution in [-0.4, -0.2) is 30.7 Å². The summed E-state index contributed by atoms with van der Waals surface area (Å²) in [6, 6.07) is 0. The fraction of sp³-hybridized carbons (Fsp3) is 0.0909. The summed E-state index contributed by atoms with van der Waals surface area (Å²) in [7, 11) is 0. The molecule has 0 unspecified atom stereocenters. The molecule has 7 nitrogen and oxygen atoms in total. The van der Waals surface area contributed by atoms with Crippen LogP contribution in [0.15, 0.2) is 29.2 Å². The first-order valence-electron chi connectivity index (χ1n) is 5.38. The van der Waals surface area contributed by atoms with E-state index in [1.807, 2.05) is 0 Å². The van der Waals surface area contributed by atoms with Gasteiger partial charge in [-0.2, -0.15) is 5.10 Å². The molecule has 1 N–H and O–H groups in total. The molecule has 0 aliphatic heterocycles. The number of carbonyl (C=O) groups is 1. The molecule has 0 amide bonds. The van der Waals surface area contributed by atoms with E-state index in [9.17, 15) is 13.6 Å². The number of carboxylic acid groups (broad SMARTS) is 1. The van der Waals surface area contributed by atoms with Crippen molar-refractivity contribution in [2.75, 3.05) is 0 Å². The Balaban J connectivity index is 2.20. The molecule has 3 heterocycles. The van der Waals surface area contributed by atoms with Crippen molar-refractivity contribution in [3.05, 3.63) is 36.2 Å². The highest BCUT2D eigenvalue weighted by atomic mass is 19.3. The Labute approximate surface area is 109 Å². The van der Waals surface area contributed by atoms with Crippen LogP contribution < -0.4 is 0 Å². The summed E-state index contributed by atoms with van der Waals surface area (Å²) >= 11 is 0. The number of alkyl halides is 2. The number of hydrogen-bond acceptors (Lipinski definition) is 5. The van der Waals surface area contributed by atoms with E-state index in [2.05, 4.69) is 15.1 Å². The van der Waals surface area contributed by atoms with Crippen molar-refractivity contribution >= 4 is 11.5 Å². The highest BCUT2D eigenvalue weighted by Crippen LogP contribution is 2.30. The van der Waals surface area contributed by atoms with Crippen molar-refractivity contribution in [3.63, 3.8) is 0 Å². The zero-order valence-corrected chi connectivity index (χ0v) is 9.70. The average Bonchev–Trinajstić information content (AvgIpc) is 3.02. The summed E-state index contributed by atoms with van der Waals surface area (Å²) in [4.78, 5) is 18.3. The van der Waals surface area contributed by atoms with Crippen molar-refractivity contribution in [2.24, 2.45) is 0 Å². The number of carboxylic acids is 1. The minimum Gasteiger partial charge on any atom is -0.475 e. The molecular formula is C11H6F2N4O3. The monoisotopic (exact) mass is 280 g/mol. The molecule has 0 aliphatic rings. The molecule has 20 heavy (non-hydrogen) atoms. The number of rotatable bonds is 3. The molecular weight excluding hydrogens is 274 g/mol. The van der Waals surface area contributed by atoms with Crippen LogP contribution in [0.4, 0.5) is 8.78 Å². The Kier molecular flexibility index (Phi) is 2.67. The number of aromatic nitrogens is 4. The number of oxazole rings is 1. The van der Waals surface area contributed by atoms with Gasteiger partial charge in [-0.3, -0.25) is 4.98 Å². The van der Waals surface area contributed by atoms with E-state index in [4.69, 9.17) is 9.52 Å². The first-order chi connectivity index (χ1) is 9.58. The predicted molar refractivity (Wildman–Crippen MR) is 60.4 cm³/mol. The van der Waals surface area contributed by atoms with E-state index in [1.165, 1.54) is 23.1 Å². The second-order valence-electron chi connectivity index (χ2n) is 3.80. The van der Waals surface area contributed by atoms with Gasteiger partial charge in [-0.1, -0.05) is 0 Å². The van der Waals surface area contributed by atoms with Gasteiger partial charge in [0.2, 0.25) is 11.7 Å². The van der Waals surface area contributed by atoms with Gasteiger partial charge in [0.1, 0.15) is 0 Å². The van der Waals surface area contributed by atoms with Gasteiger partial charge in [0.15, 0.2) is 5.69 Å². The smallest absolute Gasteiger partial charge is 0.374 e. The number of hydrogen-bond donors (Lipinski definition) is 1. The molecule has 0 bridgehead atoms. The standard InChI is InChI=1S/C11H6F2N4O3/c12-9(13)7-8(11(18)19)20-10(16-7)5-3-15-17-2-1-14-4-6(5)17/h1-4,9H,(H,18,19). The average molecular weight is 280 g/mol. The van der Waals surface area contributed by atoms with Crippen molar-refractivity contribution < 1.29 is 23.1 Å². The van der Waals surface area contributed by atoms with E-state index in [0.717, 1.165) is 0 Å². The predicted octanol–water partition coefficient (Wildman–Crippen LogP) is 2.02. The minimum absolute atomic E-state index is 0.235. The maximum atomic E-state index is 12.7. The van der Waals surface area contributed by atoms with E-state index >= 15 is 0 Å². The molecule has 0 saturated heterocycles. The number of nitrogens with zero attached hydrogens (tertiary/aromatic N) is 4. The van der Waals surface area contributed by atoms with Gasteiger partial charge in [-0.05, 0) is 0 Å². The van der Waals surface area contributed by atoms with Crippen LogP contribution >= 0.6 is 0 Å². The van der Waals surface area contributed by atoms with Gasteiger partial charge >= 0.3 is 5.97 Å². The van der Waals surface area contributed by atoms with E-state index in [-0.39, 0.29) is 11.5 Å². The first-order valence-corrected chi connectivity index (χ1v) is 5.38. The van der Waals surface area contributed by atoms with Gasteiger partial charge in [-0.25, -0.2) is 23.1 Å². The quantitative estimate of drug-likeness (QED) is 0.788. The molecule has 0 radical (unpaired) electrons. The summed E-state index contributed by atoms with van der Waals surface area (Å²) in [6.07, 6.45) is 2.78. The molecule has 0 aromatic carbocycles. The topological polar surface area (TPSA) is 93.5 Å². The molecule has 0 aliphatic carbocycles. The Bertz CT molecular complexity index is 796. The molecule has 3 aromatic heterocycles. The number of fused-ring (bicyclic) bond motifs is 1. The molecule has 0 saturated carbocycles. The largest absolute Gasteiger partial charge is 0.475 e. The van der Waals surface area contributed by atoms with Crippen molar-refractivity contribution in [2.45, 2.75) is 6.43 Å². The second kappa shape index (κ2) is 4.37. The van der Waals surface area contributed by atoms with E-state index < -0.39 is 23.8 Å². The first kappa shape index (κ1) is 12.2. The molecule has 0 fully saturated rings. The molecule has 3 rings (SSSR count). The fourth-order valence-electron chi connectivity index (χ4n) is 1.75. The Morgan fingerprint density at radius 3 is 2.85 bits per heavy atom. The van der Waals surface area contributed by atoms with E-state index in [1.54, 1.807) is 6.20 Å². The van der Waals surface area contributed by atoms with Crippen molar-refractivity contribution in [3.8, 4) is 11.5 Å². The number of aromatic carboxylic acids is 1. The van der Waals surface area contributed by atoms with Gasteiger partial charge in [0.25, 0.3) is 6.43 Å². The third-order valence-electron chi connectivity index (χ3n) is 2.61. The van der Waals surface area contributed by atoms with Crippen LogP contribution in [0.3, 0.4) is 0 Å². The summed E-state index contributed by atoms with van der Waals surface area (Å²) in [5, 5.41) is 12.8. The van der Waals surface area contributed by atoms with Gasteiger partial charge < -0.3 is 9.52 Å². The SMILES string of the molecule is O=C(O)c1oc(-c2cnn3ccncc23)nc1C(F)F. The van der Waals surface area contributed by atoms with Crippen molar-refractivity contribution in [1.82, 2.24) is 19.6 Å². The zero-order chi connectivity index (χ0) is 14.3. The summed E-state index contributed by atoms with van der Waals surface area (Å²) in [5.74, 6) is -2.72. The lowest BCUT2D eigenvalue weighted by Crippen LogP contribution is -1.99. The highest BCUT2D eigenvalue weighted by Gasteiger charge is 2.27. The lowest BCUT2D eigenvalue weighted by atomic mass is 10.3. The van der Waals surface area contributed by atoms with Crippen LogP contribution in [0.5, 0.6) is 0 Å². The van der Waals surface area contributed by atoms with Gasteiger partial charge in [-0.15, -0.1) is 0 Å². The summed E-state index contributed by atoms with van der Waals surface area (Å²) < 4.78 is 31.8. The van der Waals surface area contributed by atoms with Gasteiger partial charge in [0, 0.05) is 12.4 Å². The summed E-state index contributed by atoms with van der Waals surface area (Å²) in [5.41, 5.74) is -0.158. The normalized spacial score (nSPS) is 11.3. The molecule has 0 atom stereocenters. The van der Waals surface area contributed by atoms with Crippen LogP contribution in [0.2, 0.25) is 0 Å². The minimum atomic E-state index is -3.04. The highest BCUT2D eigenvalue weighted by molar-refractivity contribution is 5.87. The molecule has 0 spiro atoms. The Morgan fingerprint density at radius 2 is 2.20 bits per heavy atom. The van der Waals surface area contributed by atoms with E-state index in [0.29, 0.717) is 5.52 Å². The summed E-state index contributed by atoms with van der Waals surface area (Å²) in [6.45, 7) is 0. The van der Waals surface area contributed by atoms with Crippen LogP contribution in [-0.2, 0) is 0 Å². The molecule has 9 heteroatoms. The second-order valence-corrected chi connectivity index (χ2v) is 3.80. The number of halogens is 2. The van der Waals surface area contributed by atoms with Crippen LogP contribution in [0, 0.1) is 0 Å². The van der Waals surface area contributed by atoms with Crippen LogP contribution in [0.1, 0.15) is 22.7 Å². The lowest BCUT2D eigenvalue weighted by Gasteiger charge is -1.92. The van der Waals surface area contributed by atoms with Crippen LogP contribution in [0.25, 0.3) is 17.0 Å². The maximum Gasteiger partial charge on any atom is 0.374 e. The maximum absolute atomic E-state index is 12.7. The molecule has 3 aromatic rings. The third-order valence-corrected chi connectivity index (χ3v) is 2.61.